The summed E-state index contributed by atoms with van der Waals surface area (Å²) in [4.78, 5) is 17.7. The van der Waals surface area contributed by atoms with Crippen LogP contribution in [0, 0.1) is 12.7 Å². The fourth-order valence-corrected chi connectivity index (χ4v) is 3.33. The first kappa shape index (κ1) is 17.9. The number of hydrogen-bond donors (Lipinski definition) is 1. The number of thiazole rings is 1. The molecule has 1 amide bonds. The van der Waals surface area contributed by atoms with Gasteiger partial charge in [-0.3, -0.25) is 10.1 Å². The number of ether oxygens (including phenoxy) is 2. The second kappa shape index (κ2) is 7.53. The number of nitrogens with zero attached hydrogens (tertiary/aromatic N) is 1. The first-order valence-corrected chi connectivity index (χ1v) is 8.61. The van der Waals surface area contributed by atoms with E-state index in [2.05, 4.69) is 10.3 Å². The van der Waals surface area contributed by atoms with E-state index in [9.17, 15) is 9.18 Å². The molecule has 7 heteroatoms. The number of amides is 1. The summed E-state index contributed by atoms with van der Waals surface area (Å²) in [5.74, 6) is 0.199. The Bertz CT molecular complexity index is 956. The van der Waals surface area contributed by atoms with Gasteiger partial charge in [0.15, 0.2) is 5.13 Å². The van der Waals surface area contributed by atoms with Crippen LogP contribution in [0.3, 0.4) is 0 Å². The van der Waals surface area contributed by atoms with Crippen molar-refractivity contribution in [1.29, 1.82) is 0 Å². The third kappa shape index (κ3) is 3.52. The lowest BCUT2D eigenvalue weighted by atomic mass is 10.1. The van der Waals surface area contributed by atoms with E-state index in [1.807, 2.05) is 13.0 Å². The molecule has 1 N–H and O–H groups in total. The summed E-state index contributed by atoms with van der Waals surface area (Å²) in [6, 6.07) is 11.2. The van der Waals surface area contributed by atoms with Crippen molar-refractivity contribution in [3.8, 4) is 22.8 Å². The number of halogens is 1. The minimum absolute atomic E-state index is 0.0270. The summed E-state index contributed by atoms with van der Waals surface area (Å²) in [5.41, 5.74) is 1.41. The van der Waals surface area contributed by atoms with Gasteiger partial charge < -0.3 is 9.47 Å². The molecule has 0 saturated carbocycles. The van der Waals surface area contributed by atoms with Gasteiger partial charge in [-0.2, -0.15) is 0 Å². The van der Waals surface area contributed by atoms with Crippen LogP contribution in [0.1, 0.15) is 15.2 Å². The van der Waals surface area contributed by atoms with E-state index in [-0.39, 0.29) is 5.56 Å². The predicted molar refractivity (Wildman–Crippen MR) is 99.7 cm³/mol. The molecule has 0 spiro atoms. The van der Waals surface area contributed by atoms with Crippen LogP contribution in [-0.2, 0) is 0 Å². The zero-order valence-corrected chi connectivity index (χ0v) is 15.3. The Labute approximate surface area is 154 Å². The molecule has 1 aromatic heterocycles. The SMILES string of the molecule is COc1ccc(OC)c(-c2nc(NC(=O)c3ccccc3F)sc2C)c1. The summed E-state index contributed by atoms with van der Waals surface area (Å²) in [6.07, 6.45) is 0. The quantitative estimate of drug-likeness (QED) is 0.715. The third-order valence-electron chi connectivity index (χ3n) is 3.80. The Morgan fingerprint density at radius 2 is 1.92 bits per heavy atom. The van der Waals surface area contributed by atoms with Gasteiger partial charge in [0.05, 0.1) is 25.5 Å². The van der Waals surface area contributed by atoms with Crippen LogP contribution in [0.25, 0.3) is 11.3 Å². The first-order chi connectivity index (χ1) is 12.5. The average molecular weight is 372 g/mol. The van der Waals surface area contributed by atoms with Crippen molar-refractivity contribution >= 4 is 22.4 Å². The van der Waals surface area contributed by atoms with Gasteiger partial charge in [0.25, 0.3) is 5.91 Å². The molecular formula is C19H17FN2O3S. The van der Waals surface area contributed by atoms with Gasteiger partial charge in [0.1, 0.15) is 17.3 Å². The number of aromatic nitrogens is 1. The number of hydrogen-bond acceptors (Lipinski definition) is 5. The molecule has 1 heterocycles. The first-order valence-electron chi connectivity index (χ1n) is 7.79. The summed E-state index contributed by atoms with van der Waals surface area (Å²) < 4.78 is 24.4. The van der Waals surface area contributed by atoms with E-state index in [1.54, 1.807) is 32.4 Å². The molecule has 0 aliphatic heterocycles. The van der Waals surface area contributed by atoms with Crippen LogP contribution in [-0.4, -0.2) is 25.1 Å². The number of carbonyl (C=O) groups is 1. The third-order valence-corrected chi connectivity index (χ3v) is 4.68. The fraction of sp³-hybridized carbons (Fsp3) is 0.158. The molecule has 0 bridgehead atoms. The van der Waals surface area contributed by atoms with Crippen LogP contribution in [0.2, 0.25) is 0 Å². The molecule has 3 aromatic rings. The van der Waals surface area contributed by atoms with E-state index in [0.29, 0.717) is 22.3 Å². The number of benzene rings is 2. The molecule has 134 valence electrons. The predicted octanol–water partition coefficient (Wildman–Crippen LogP) is 4.53. The molecule has 2 aromatic carbocycles. The van der Waals surface area contributed by atoms with Gasteiger partial charge in [0, 0.05) is 10.4 Å². The summed E-state index contributed by atoms with van der Waals surface area (Å²) in [6.45, 7) is 1.89. The van der Waals surface area contributed by atoms with Crippen LogP contribution < -0.4 is 14.8 Å². The standard InChI is InChI=1S/C19H17FN2O3S/c1-11-17(14-10-12(24-2)8-9-16(14)25-3)21-19(26-11)22-18(23)13-6-4-5-7-15(13)20/h4-10H,1-3H3,(H,21,22,23). The Kier molecular flexibility index (Phi) is 5.18. The molecule has 0 aliphatic rings. The number of aryl methyl sites for hydroxylation is 1. The van der Waals surface area contributed by atoms with Gasteiger partial charge >= 0.3 is 0 Å². The van der Waals surface area contributed by atoms with Crippen LogP contribution in [0.4, 0.5) is 9.52 Å². The Hall–Kier alpha value is -2.93. The molecule has 0 radical (unpaired) electrons. The molecule has 0 saturated heterocycles. The van der Waals surface area contributed by atoms with Gasteiger partial charge in [-0.1, -0.05) is 12.1 Å². The Morgan fingerprint density at radius 3 is 2.62 bits per heavy atom. The van der Waals surface area contributed by atoms with Crippen molar-refractivity contribution in [1.82, 2.24) is 4.98 Å². The lowest BCUT2D eigenvalue weighted by molar-refractivity contribution is 0.102. The second-order valence-corrected chi connectivity index (χ2v) is 6.63. The van der Waals surface area contributed by atoms with Crippen molar-refractivity contribution < 1.29 is 18.7 Å². The van der Waals surface area contributed by atoms with Crippen molar-refractivity contribution in [2.75, 3.05) is 19.5 Å². The molecule has 3 rings (SSSR count). The maximum atomic E-state index is 13.8. The molecule has 0 atom stereocenters. The molecule has 26 heavy (non-hydrogen) atoms. The number of rotatable bonds is 5. The zero-order chi connectivity index (χ0) is 18.7. The number of nitrogens with one attached hydrogen (secondary N) is 1. The Morgan fingerprint density at radius 1 is 1.15 bits per heavy atom. The van der Waals surface area contributed by atoms with Crippen LogP contribution in [0.15, 0.2) is 42.5 Å². The highest BCUT2D eigenvalue weighted by molar-refractivity contribution is 7.16. The van der Waals surface area contributed by atoms with Gasteiger partial charge in [-0.05, 0) is 37.3 Å². The van der Waals surface area contributed by atoms with Gasteiger partial charge in [-0.25, -0.2) is 9.37 Å². The lowest BCUT2D eigenvalue weighted by Crippen LogP contribution is -2.13. The topological polar surface area (TPSA) is 60.5 Å². The average Bonchev–Trinajstić information content (AvgIpc) is 3.01. The smallest absolute Gasteiger partial charge is 0.260 e. The molecule has 0 fully saturated rings. The number of methoxy groups -OCH3 is 2. The van der Waals surface area contributed by atoms with Crippen LogP contribution in [0.5, 0.6) is 11.5 Å². The second-order valence-electron chi connectivity index (χ2n) is 5.42. The minimum atomic E-state index is -0.576. The largest absolute Gasteiger partial charge is 0.497 e. The maximum absolute atomic E-state index is 13.8. The van der Waals surface area contributed by atoms with Crippen molar-refractivity contribution in [2.45, 2.75) is 6.92 Å². The van der Waals surface area contributed by atoms with Gasteiger partial charge in [-0.15, -0.1) is 11.3 Å². The van der Waals surface area contributed by atoms with Gasteiger partial charge in [0.2, 0.25) is 0 Å². The molecule has 0 unspecified atom stereocenters. The highest BCUT2D eigenvalue weighted by Gasteiger charge is 2.18. The summed E-state index contributed by atoms with van der Waals surface area (Å²) in [5, 5.41) is 3.04. The monoisotopic (exact) mass is 372 g/mol. The van der Waals surface area contributed by atoms with E-state index >= 15 is 0 Å². The summed E-state index contributed by atoms with van der Waals surface area (Å²) >= 11 is 1.31. The summed E-state index contributed by atoms with van der Waals surface area (Å²) in [7, 11) is 3.16. The van der Waals surface area contributed by atoms with E-state index < -0.39 is 11.7 Å². The normalized spacial score (nSPS) is 10.5. The number of carbonyl (C=O) groups excluding carboxylic acids is 1. The van der Waals surface area contributed by atoms with Crippen LogP contribution >= 0.6 is 11.3 Å². The van der Waals surface area contributed by atoms with E-state index in [0.717, 1.165) is 10.4 Å². The van der Waals surface area contributed by atoms with Crippen molar-refractivity contribution in [2.24, 2.45) is 0 Å². The van der Waals surface area contributed by atoms with Crippen molar-refractivity contribution in [3.05, 3.63) is 58.7 Å². The zero-order valence-electron chi connectivity index (χ0n) is 14.5. The minimum Gasteiger partial charge on any atom is -0.497 e. The highest BCUT2D eigenvalue weighted by atomic mass is 32.1. The highest BCUT2D eigenvalue weighted by Crippen LogP contribution is 2.38. The molecule has 0 aliphatic carbocycles. The molecular weight excluding hydrogens is 355 g/mol. The number of anilines is 1. The van der Waals surface area contributed by atoms with Crippen molar-refractivity contribution in [3.63, 3.8) is 0 Å². The van der Waals surface area contributed by atoms with E-state index in [4.69, 9.17) is 9.47 Å². The fourth-order valence-electron chi connectivity index (χ4n) is 2.51. The Balaban J connectivity index is 1.93. The van der Waals surface area contributed by atoms with E-state index in [1.165, 1.54) is 29.5 Å². The molecule has 5 nitrogen and oxygen atoms in total. The maximum Gasteiger partial charge on any atom is 0.260 e. The lowest BCUT2D eigenvalue weighted by Gasteiger charge is -2.09.